The molecule has 0 radical (unpaired) electrons. The van der Waals surface area contributed by atoms with Crippen molar-refractivity contribution in [1.82, 2.24) is 0 Å². The van der Waals surface area contributed by atoms with Crippen molar-refractivity contribution in [3.05, 3.63) is 64.0 Å². The number of nitrogens with zero attached hydrogens (tertiary/aromatic N) is 1. The van der Waals surface area contributed by atoms with Gasteiger partial charge in [-0.15, -0.1) is 0 Å². The van der Waals surface area contributed by atoms with Crippen LogP contribution < -0.4 is 15.3 Å². The molecule has 7 heteroatoms. The number of rotatable bonds is 4. The lowest BCUT2D eigenvalue weighted by Crippen LogP contribution is -2.29. The summed E-state index contributed by atoms with van der Waals surface area (Å²) in [7, 11) is -1.67. The van der Waals surface area contributed by atoms with Gasteiger partial charge in [-0.1, -0.05) is 0 Å². The van der Waals surface area contributed by atoms with E-state index in [2.05, 4.69) is 4.90 Å². The van der Waals surface area contributed by atoms with E-state index >= 15 is 0 Å². The summed E-state index contributed by atoms with van der Waals surface area (Å²) in [6.07, 6.45) is 2.98. The normalized spacial score (nSPS) is 14.1. The van der Waals surface area contributed by atoms with Gasteiger partial charge in [0.25, 0.3) is 0 Å². The van der Waals surface area contributed by atoms with E-state index in [4.69, 9.17) is 9.15 Å². The van der Waals surface area contributed by atoms with E-state index in [-0.39, 0.29) is 0 Å². The molecule has 2 heterocycles. The van der Waals surface area contributed by atoms with Gasteiger partial charge in [0.15, 0.2) is 9.84 Å². The lowest BCUT2D eigenvalue weighted by molar-refractivity contribution is 0.414. The van der Waals surface area contributed by atoms with E-state index in [9.17, 15) is 13.2 Å². The van der Waals surface area contributed by atoms with Gasteiger partial charge < -0.3 is 14.1 Å². The van der Waals surface area contributed by atoms with Crippen molar-refractivity contribution in [2.75, 3.05) is 24.8 Å². The average molecular weight is 399 g/mol. The van der Waals surface area contributed by atoms with E-state index in [1.807, 2.05) is 18.2 Å². The van der Waals surface area contributed by atoms with Crippen molar-refractivity contribution in [3.8, 4) is 5.75 Å². The molecule has 0 atom stereocenters. The van der Waals surface area contributed by atoms with Gasteiger partial charge in [0.2, 0.25) is 0 Å². The maximum atomic E-state index is 12.1. The predicted molar refractivity (Wildman–Crippen MR) is 108 cm³/mol. The minimum atomic E-state index is -3.24. The molecule has 0 N–H and O–H groups in total. The fourth-order valence-corrected chi connectivity index (χ4v) is 4.39. The number of methoxy groups -OCH3 is 1. The number of ether oxygens (including phenoxy) is 1. The minimum absolute atomic E-state index is 0.339. The Kier molecular flexibility index (Phi) is 4.63. The van der Waals surface area contributed by atoms with Crippen LogP contribution in [0, 0.1) is 0 Å². The molecule has 0 aliphatic carbocycles. The molecule has 1 aromatic heterocycles. The summed E-state index contributed by atoms with van der Waals surface area (Å²) in [5.41, 5.74) is 2.98. The van der Waals surface area contributed by atoms with Gasteiger partial charge in [0.1, 0.15) is 11.3 Å². The Morgan fingerprint density at radius 1 is 1.14 bits per heavy atom. The van der Waals surface area contributed by atoms with E-state index in [1.165, 1.54) is 12.3 Å². The Morgan fingerprint density at radius 3 is 2.71 bits per heavy atom. The molecule has 4 rings (SSSR count). The Hall–Kier alpha value is -2.80. The molecule has 2 aromatic carbocycles. The first-order valence-electron chi connectivity index (χ1n) is 9.04. The third-order valence-electron chi connectivity index (χ3n) is 5.09. The maximum Gasteiger partial charge on any atom is 0.336 e. The van der Waals surface area contributed by atoms with E-state index in [0.29, 0.717) is 22.8 Å². The topological polar surface area (TPSA) is 76.8 Å². The van der Waals surface area contributed by atoms with Gasteiger partial charge in [0.05, 0.1) is 12.0 Å². The van der Waals surface area contributed by atoms with Crippen molar-refractivity contribution in [1.29, 1.82) is 0 Å². The van der Waals surface area contributed by atoms with Crippen LogP contribution in [-0.2, 0) is 22.8 Å². The van der Waals surface area contributed by atoms with E-state index < -0.39 is 15.5 Å². The van der Waals surface area contributed by atoms with E-state index in [1.54, 1.807) is 25.3 Å². The molecule has 0 amide bonds. The minimum Gasteiger partial charge on any atom is -0.497 e. The summed E-state index contributed by atoms with van der Waals surface area (Å²) in [6, 6.07) is 12.2. The quantitative estimate of drug-likeness (QED) is 0.627. The first-order valence-corrected chi connectivity index (χ1v) is 10.9. The number of benzene rings is 2. The molecule has 28 heavy (non-hydrogen) atoms. The fourth-order valence-electron chi connectivity index (χ4n) is 3.72. The lowest BCUT2D eigenvalue weighted by atomic mass is 10.0. The van der Waals surface area contributed by atoms with Crippen molar-refractivity contribution in [2.45, 2.75) is 24.3 Å². The molecular weight excluding hydrogens is 378 g/mol. The number of hydrogen-bond acceptors (Lipinski definition) is 6. The second-order valence-corrected chi connectivity index (χ2v) is 9.06. The zero-order valence-electron chi connectivity index (χ0n) is 15.8. The summed E-state index contributed by atoms with van der Waals surface area (Å²) in [5.74, 6) is 0.629. The number of fused-ring (bicyclic) bond motifs is 2. The molecular formula is C21H21NO5S. The highest BCUT2D eigenvalue weighted by Gasteiger charge is 2.20. The molecule has 1 aliphatic rings. The molecule has 1 aliphatic heterocycles. The SMILES string of the molecule is COc1ccc2c(CN3CCCc4cc(S(C)(=O)=O)ccc43)cc(=O)oc2c1. The summed E-state index contributed by atoms with van der Waals surface area (Å²) in [4.78, 5) is 14.6. The van der Waals surface area contributed by atoms with Crippen LogP contribution in [0.25, 0.3) is 11.0 Å². The zero-order chi connectivity index (χ0) is 19.9. The van der Waals surface area contributed by atoms with E-state index in [0.717, 1.165) is 41.6 Å². The summed E-state index contributed by atoms with van der Waals surface area (Å²) >= 11 is 0. The second-order valence-electron chi connectivity index (χ2n) is 7.04. The van der Waals surface area contributed by atoms with Gasteiger partial charge >= 0.3 is 5.63 Å². The highest BCUT2D eigenvalue weighted by molar-refractivity contribution is 7.90. The van der Waals surface area contributed by atoms with Gasteiger partial charge in [-0.2, -0.15) is 0 Å². The molecule has 0 saturated carbocycles. The lowest BCUT2D eigenvalue weighted by Gasteiger charge is -2.32. The summed E-state index contributed by atoms with van der Waals surface area (Å²) < 4.78 is 34.3. The average Bonchev–Trinajstić information content (AvgIpc) is 2.66. The highest BCUT2D eigenvalue weighted by atomic mass is 32.2. The van der Waals surface area contributed by atoms with Gasteiger partial charge in [0, 0.05) is 42.6 Å². The van der Waals surface area contributed by atoms with Crippen molar-refractivity contribution < 1.29 is 17.6 Å². The van der Waals surface area contributed by atoms with Gasteiger partial charge in [-0.05, 0) is 54.3 Å². The zero-order valence-corrected chi connectivity index (χ0v) is 16.6. The number of anilines is 1. The fraction of sp³-hybridized carbons (Fsp3) is 0.286. The smallest absolute Gasteiger partial charge is 0.336 e. The molecule has 6 nitrogen and oxygen atoms in total. The molecule has 146 valence electrons. The van der Waals surface area contributed by atoms with Crippen LogP contribution in [0.1, 0.15) is 17.5 Å². The van der Waals surface area contributed by atoms with Gasteiger partial charge in [-0.3, -0.25) is 0 Å². The second kappa shape index (κ2) is 6.98. The van der Waals surface area contributed by atoms with Crippen LogP contribution in [0.4, 0.5) is 5.69 Å². The highest BCUT2D eigenvalue weighted by Crippen LogP contribution is 2.32. The van der Waals surface area contributed by atoms with Crippen LogP contribution in [0.15, 0.2) is 56.6 Å². The van der Waals surface area contributed by atoms with Crippen molar-refractivity contribution in [3.63, 3.8) is 0 Å². The molecule has 0 spiro atoms. The molecule has 0 fully saturated rings. The first-order chi connectivity index (χ1) is 13.3. The molecule has 0 bridgehead atoms. The third kappa shape index (κ3) is 3.49. The summed E-state index contributed by atoms with van der Waals surface area (Å²) in [6.45, 7) is 1.38. The molecule has 0 unspecified atom stereocenters. The monoisotopic (exact) mass is 399 g/mol. The number of hydrogen-bond donors (Lipinski definition) is 0. The molecule has 0 saturated heterocycles. The summed E-state index contributed by atoms with van der Waals surface area (Å²) in [5, 5.41) is 0.861. The Labute approximate surface area is 163 Å². The van der Waals surface area contributed by atoms with Crippen LogP contribution >= 0.6 is 0 Å². The molecule has 3 aromatic rings. The maximum absolute atomic E-state index is 12.1. The van der Waals surface area contributed by atoms with Crippen molar-refractivity contribution in [2.24, 2.45) is 0 Å². The van der Waals surface area contributed by atoms with Crippen molar-refractivity contribution >= 4 is 26.5 Å². The number of aryl methyl sites for hydroxylation is 1. The standard InChI is InChI=1S/C21H21NO5S/c1-26-16-5-7-18-15(11-21(23)27-20(18)12-16)13-22-9-3-4-14-10-17(28(2,24)25)6-8-19(14)22/h5-8,10-12H,3-4,9,13H2,1-2H3. The largest absolute Gasteiger partial charge is 0.497 e. The first kappa shape index (κ1) is 18.6. The number of sulfone groups is 1. The van der Waals surface area contributed by atoms with Gasteiger partial charge in [-0.25, -0.2) is 13.2 Å². The van der Waals surface area contributed by atoms with Crippen LogP contribution in [-0.4, -0.2) is 28.3 Å². The Balaban J connectivity index is 1.74. The van der Waals surface area contributed by atoms with Crippen LogP contribution in [0.5, 0.6) is 5.75 Å². The third-order valence-corrected chi connectivity index (χ3v) is 6.20. The Bertz CT molecular complexity index is 1210. The Morgan fingerprint density at radius 2 is 1.96 bits per heavy atom. The predicted octanol–water partition coefficient (Wildman–Crippen LogP) is 3.16. The van der Waals surface area contributed by atoms with Crippen LogP contribution in [0.2, 0.25) is 0 Å². The van der Waals surface area contributed by atoms with Crippen LogP contribution in [0.3, 0.4) is 0 Å².